The molecule has 3 nitrogen and oxygen atoms in total. The number of aromatic nitrogens is 2. The fourth-order valence-corrected chi connectivity index (χ4v) is 2.44. The van der Waals surface area contributed by atoms with Crippen molar-refractivity contribution in [2.75, 3.05) is 0 Å². The van der Waals surface area contributed by atoms with E-state index in [2.05, 4.69) is 28.2 Å². The molecule has 17 heavy (non-hydrogen) atoms. The molecule has 3 rings (SSSR count). The van der Waals surface area contributed by atoms with Crippen molar-refractivity contribution in [3.63, 3.8) is 0 Å². The van der Waals surface area contributed by atoms with Gasteiger partial charge >= 0.3 is 5.69 Å². The third-order valence-electron chi connectivity index (χ3n) is 3.33. The fraction of sp³-hybridized carbons (Fsp3) is 0.286. The summed E-state index contributed by atoms with van der Waals surface area (Å²) < 4.78 is 0. The molecule has 1 N–H and O–H groups in total. The summed E-state index contributed by atoms with van der Waals surface area (Å²) in [5.41, 5.74) is 4.51. The van der Waals surface area contributed by atoms with E-state index in [1.165, 1.54) is 30.4 Å². The molecule has 0 radical (unpaired) electrons. The van der Waals surface area contributed by atoms with Crippen LogP contribution >= 0.6 is 0 Å². The van der Waals surface area contributed by atoms with E-state index in [4.69, 9.17) is 0 Å². The SMILES string of the molecule is O=c1nccc(-c2ccc3c(c2)CCCC3)[nH]1. The third kappa shape index (κ3) is 2.00. The van der Waals surface area contributed by atoms with Crippen molar-refractivity contribution in [2.45, 2.75) is 25.7 Å². The van der Waals surface area contributed by atoms with Gasteiger partial charge in [0.05, 0.1) is 5.69 Å². The maximum Gasteiger partial charge on any atom is 0.345 e. The van der Waals surface area contributed by atoms with Crippen LogP contribution in [0.25, 0.3) is 11.3 Å². The minimum Gasteiger partial charge on any atom is -0.305 e. The van der Waals surface area contributed by atoms with Crippen molar-refractivity contribution in [3.05, 3.63) is 52.1 Å². The first-order valence-electron chi connectivity index (χ1n) is 6.00. The van der Waals surface area contributed by atoms with E-state index in [9.17, 15) is 4.79 Å². The summed E-state index contributed by atoms with van der Waals surface area (Å²) in [5, 5.41) is 0. The standard InChI is InChI=1S/C14H14N2O/c17-14-15-8-7-13(16-14)12-6-5-10-3-1-2-4-11(10)9-12/h5-9H,1-4H2,(H,15,16,17). The summed E-state index contributed by atoms with van der Waals surface area (Å²) in [6, 6.07) is 8.30. The summed E-state index contributed by atoms with van der Waals surface area (Å²) in [5.74, 6) is 0. The number of aromatic amines is 1. The minimum atomic E-state index is -0.291. The number of hydrogen-bond donors (Lipinski definition) is 1. The molecule has 0 fully saturated rings. The fourth-order valence-electron chi connectivity index (χ4n) is 2.44. The smallest absolute Gasteiger partial charge is 0.305 e. The average Bonchev–Trinajstić information content (AvgIpc) is 2.38. The van der Waals surface area contributed by atoms with Gasteiger partial charge in [-0.05, 0) is 54.5 Å². The molecule has 86 valence electrons. The van der Waals surface area contributed by atoms with Crippen molar-refractivity contribution < 1.29 is 0 Å². The molecule has 0 saturated carbocycles. The molecule has 0 aliphatic heterocycles. The Kier molecular flexibility index (Phi) is 2.52. The predicted octanol–water partition coefficient (Wildman–Crippen LogP) is 2.32. The molecule has 1 aliphatic carbocycles. The predicted molar refractivity (Wildman–Crippen MR) is 66.9 cm³/mol. The largest absolute Gasteiger partial charge is 0.345 e. The van der Waals surface area contributed by atoms with Gasteiger partial charge in [0.25, 0.3) is 0 Å². The van der Waals surface area contributed by atoms with Gasteiger partial charge in [-0.1, -0.05) is 12.1 Å². The van der Waals surface area contributed by atoms with Crippen LogP contribution in [0, 0.1) is 0 Å². The van der Waals surface area contributed by atoms with Gasteiger partial charge in [-0.2, -0.15) is 0 Å². The number of nitrogens with zero attached hydrogens (tertiary/aromatic N) is 1. The maximum atomic E-state index is 11.2. The van der Waals surface area contributed by atoms with E-state index in [0.29, 0.717) is 0 Å². The van der Waals surface area contributed by atoms with Crippen LogP contribution in [-0.4, -0.2) is 9.97 Å². The molecule has 0 amide bonds. The molecule has 3 heteroatoms. The molecule has 1 aliphatic rings. The van der Waals surface area contributed by atoms with Crippen LogP contribution in [0.1, 0.15) is 24.0 Å². The molecule has 1 heterocycles. The van der Waals surface area contributed by atoms with E-state index in [-0.39, 0.29) is 5.69 Å². The number of benzene rings is 1. The van der Waals surface area contributed by atoms with Crippen LogP contribution in [0.3, 0.4) is 0 Å². The number of rotatable bonds is 1. The van der Waals surface area contributed by atoms with Crippen molar-refractivity contribution in [1.29, 1.82) is 0 Å². The van der Waals surface area contributed by atoms with Crippen LogP contribution in [0.2, 0.25) is 0 Å². The lowest BCUT2D eigenvalue weighted by molar-refractivity contribution is 0.686. The lowest BCUT2D eigenvalue weighted by atomic mass is 9.90. The maximum absolute atomic E-state index is 11.2. The minimum absolute atomic E-state index is 0.291. The van der Waals surface area contributed by atoms with Crippen LogP contribution in [-0.2, 0) is 12.8 Å². The summed E-state index contributed by atoms with van der Waals surface area (Å²) in [4.78, 5) is 17.6. The summed E-state index contributed by atoms with van der Waals surface area (Å²) >= 11 is 0. The molecular weight excluding hydrogens is 212 g/mol. The Morgan fingerprint density at radius 2 is 1.88 bits per heavy atom. The monoisotopic (exact) mass is 226 g/mol. The Labute approximate surface area is 99.5 Å². The second-order valence-electron chi connectivity index (χ2n) is 4.48. The molecule has 0 atom stereocenters. The Balaban J connectivity index is 2.07. The van der Waals surface area contributed by atoms with Crippen LogP contribution < -0.4 is 5.69 Å². The first-order chi connectivity index (χ1) is 8.33. The number of hydrogen-bond acceptors (Lipinski definition) is 2. The van der Waals surface area contributed by atoms with Crippen LogP contribution in [0.5, 0.6) is 0 Å². The molecule has 0 spiro atoms. The molecule has 0 bridgehead atoms. The van der Waals surface area contributed by atoms with E-state index < -0.39 is 0 Å². The normalized spacial score (nSPS) is 14.4. The summed E-state index contributed by atoms with van der Waals surface area (Å²) in [6.07, 6.45) is 6.44. The van der Waals surface area contributed by atoms with E-state index in [1.807, 2.05) is 6.07 Å². The highest BCUT2D eigenvalue weighted by atomic mass is 16.1. The van der Waals surface area contributed by atoms with Gasteiger partial charge < -0.3 is 4.98 Å². The van der Waals surface area contributed by atoms with Crippen LogP contribution in [0.15, 0.2) is 35.3 Å². The molecular formula is C14H14N2O. The Bertz CT molecular complexity index is 601. The first-order valence-corrected chi connectivity index (χ1v) is 6.00. The Morgan fingerprint density at radius 1 is 1.06 bits per heavy atom. The number of H-pyrrole nitrogens is 1. The quantitative estimate of drug-likeness (QED) is 0.811. The molecule has 0 unspecified atom stereocenters. The zero-order valence-corrected chi connectivity index (χ0v) is 9.57. The zero-order valence-electron chi connectivity index (χ0n) is 9.57. The molecule has 1 aromatic heterocycles. The summed E-state index contributed by atoms with van der Waals surface area (Å²) in [6.45, 7) is 0. The highest BCUT2D eigenvalue weighted by Crippen LogP contribution is 2.25. The van der Waals surface area contributed by atoms with Gasteiger partial charge in [0.1, 0.15) is 0 Å². The van der Waals surface area contributed by atoms with Gasteiger partial charge in [0.15, 0.2) is 0 Å². The van der Waals surface area contributed by atoms with Crippen LogP contribution in [0.4, 0.5) is 0 Å². The van der Waals surface area contributed by atoms with E-state index in [0.717, 1.165) is 17.7 Å². The second kappa shape index (κ2) is 4.17. The van der Waals surface area contributed by atoms with Crippen molar-refractivity contribution in [3.8, 4) is 11.3 Å². The zero-order chi connectivity index (χ0) is 11.7. The lowest BCUT2D eigenvalue weighted by Gasteiger charge is -2.16. The highest BCUT2D eigenvalue weighted by molar-refractivity contribution is 5.60. The second-order valence-corrected chi connectivity index (χ2v) is 4.48. The van der Waals surface area contributed by atoms with Crippen molar-refractivity contribution in [1.82, 2.24) is 9.97 Å². The number of fused-ring (bicyclic) bond motifs is 1. The van der Waals surface area contributed by atoms with E-state index >= 15 is 0 Å². The van der Waals surface area contributed by atoms with Gasteiger partial charge in [0.2, 0.25) is 0 Å². The third-order valence-corrected chi connectivity index (χ3v) is 3.33. The highest BCUT2D eigenvalue weighted by Gasteiger charge is 2.10. The molecule has 1 aromatic carbocycles. The summed E-state index contributed by atoms with van der Waals surface area (Å²) in [7, 11) is 0. The van der Waals surface area contributed by atoms with Gasteiger partial charge in [-0.3, -0.25) is 0 Å². The molecule has 2 aromatic rings. The lowest BCUT2D eigenvalue weighted by Crippen LogP contribution is -2.09. The van der Waals surface area contributed by atoms with Gasteiger partial charge in [-0.15, -0.1) is 0 Å². The van der Waals surface area contributed by atoms with Gasteiger partial charge in [0, 0.05) is 6.20 Å². The van der Waals surface area contributed by atoms with Crippen molar-refractivity contribution >= 4 is 0 Å². The van der Waals surface area contributed by atoms with Gasteiger partial charge in [-0.25, -0.2) is 9.78 Å². The first kappa shape index (κ1) is 10.3. The Morgan fingerprint density at radius 3 is 2.71 bits per heavy atom. The molecule has 0 saturated heterocycles. The van der Waals surface area contributed by atoms with Crippen molar-refractivity contribution in [2.24, 2.45) is 0 Å². The van der Waals surface area contributed by atoms with E-state index in [1.54, 1.807) is 6.20 Å². The number of nitrogens with one attached hydrogen (secondary N) is 1. The Hall–Kier alpha value is -1.90. The average molecular weight is 226 g/mol. The number of aryl methyl sites for hydroxylation is 2. The topological polar surface area (TPSA) is 45.8 Å².